The van der Waals surface area contributed by atoms with Crippen LogP contribution in [0.25, 0.3) is 0 Å². The molecule has 0 heterocycles. The predicted molar refractivity (Wildman–Crippen MR) is 80.4 cm³/mol. The van der Waals surface area contributed by atoms with Gasteiger partial charge >= 0.3 is 5.97 Å². The number of esters is 1. The molecule has 5 heteroatoms. The zero-order valence-corrected chi connectivity index (χ0v) is 12.3. The SMILES string of the molecule is CCNC(=NCc1ccccc1)NCC(C)C(=O)OC. The fourth-order valence-electron chi connectivity index (χ4n) is 1.63. The van der Waals surface area contributed by atoms with Gasteiger partial charge < -0.3 is 15.4 Å². The van der Waals surface area contributed by atoms with E-state index in [-0.39, 0.29) is 11.9 Å². The first-order valence-corrected chi connectivity index (χ1v) is 6.81. The van der Waals surface area contributed by atoms with Gasteiger partial charge in [0.25, 0.3) is 0 Å². The van der Waals surface area contributed by atoms with E-state index in [4.69, 9.17) is 4.74 Å². The van der Waals surface area contributed by atoms with Crippen LogP contribution in [0.15, 0.2) is 35.3 Å². The number of methoxy groups -OCH3 is 1. The normalized spacial score (nSPS) is 12.7. The highest BCUT2D eigenvalue weighted by Crippen LogP contribution is 2.00. The number of aliphatic imine (C=N–C) groups is 1. The monoisotopic (exact) mass is 277 g/mol. The van der Waals surface area contributed by atoms with Gasteiger partial charge in [-0.3, -0.25) is 4.79 Å². The molecular formula is C15H23N3O2. The van der Waals surface area contributed by atoms with E-state index in [0.29, 0.717) is 19.0 Å². The summed E-state index contributed by atoms with van der Waals surface area (Å²) in [7, 11) is 1.40. The van der Waals surface area contributed by atoms with E-state index in [0.717, 1.165) is 12.1 Å². The molecule has 1 unspecified atom stereocenters. The summed E-state index contributed by atoms with van der Waals surface area (Å²) in [5, 5.41) is 6.30. The first-order chi connectivity index (χ1) is 9.67. The Morgan fingerprint density at radius 1 is 1.30 bits per heavy atom. The van der Waals surface area contributed by atoms with Crippen LogP contribution in [0.3, 0.4) is 0 Å². The number of ether oxygens (including phenoxy) is 1. The lowest BCUT2D eigenvalue weighted by Gasteiger charge is -2.14. The quantitative estimate of drug-likeness (QED) is 0.470. The molecule has 0 bridgehead atoms. The summed E-state index contributed by atoms with van der Waals surface area (Å²) in [6, 6.07) is 10.0. The van der Waals surface area contributed by atoms with Gasteiger partial charge in [-0.25, -0.2) is 4.99 Å². The molecule has 2 N–H and O–H groups in total. The van der Waals surface area contributed by atoms with Gasteiger partial charge in [0, 0.05) is 13.1 Å². The summed E-state index contributed by atoms with van der Waals surface area (Å²) < 4.78 is 4.69. The second-order valence-corrected chi connectivity index (χ2v) is 4.49. The molecule has 0 amide bonds. The predicted octanol–water partition coefficient (Wildman–Crippen LogP) is 1.55. The first-order valence-electron chi connectivity index (χ1n) is 6.81. The van der Waals surface area contributed by atoms with Crippen molar-refractivity contribution in [3.8, 4) is 0 Å². The number of nitrogens with one attached hydrogen (secondary N) is 2. The van der Waals surface area contributed by atoms with Gasteiger partial charge in [0.05, 0.1) is 19.6 Å². The second-order valence-electron chi connectivity index (χ2n) is 4.49. The second kappa shape index (κ2) is 8.96. The van der Waals surface area contributed by atoms with Gasteiger partial charge in [0.15, 0.2) is 5.96 Å². The number of guanidine groups is 1. The van der Waals surface area contributed by atoms with Gasteiger partial charge in [-0.2, -0.15) is 0 Å². The van der Waals surface area contributed by atoms with Crippen LogP contribution in [0.5, 0.6) is 0 Å². The molecule has 110 valence electrons. The van der Waals surface area contributed by atoms with Crippen LogP contribution in [0.1, 0.15) is 19.4 Å². The standard InChI is InChI=1S/C15H23N3O2/c1-4-16-15(17-10-12(2)14(19)20-3)18-11-13-8-6-5-7-9-13/h5-9,12H,4,10-11H2,1-3H3,(H2,16,17,18). The minimum absolute atomic E-state index is 0.208. The number of carbonyl (C=O) groups is 1. The summed E-state index contributed by atoms with van der Waals surface area (Å²) >= 11 is 0. The largest absolute Gasteiger partial charge is 0.469 e. The smallest absolute Gasteiger partial charge is 0.310 e. The van der Waals surface area contributed by atoms with Crippen LogP contribution < -0.4 is 10.6 Å². The zero-order chi connectivity index (χ0) is 14.8. The van der Waals surface area contributed by atoms with Crippen molar-refractivity contribution < 1.29 is 9.53 Å². The van der Waals surface area contributed by atoms with E-state index < -0.39 is 0 Å². The highest BCUT2D eigenvalue weighted by Gasteiger charge is 2.13. The third-order valence-electron chi connectivity index (χ3n) is 2.79. The topological polar surface area (TPSA) is 62.7 Å². The summed E-state index contributed by atoms with van der Waals surface area (Å²) in [5.74, 6) is 0.268. The maximum Gasteiger partial charge on any atom is 0.310 e. The maximum absolute atomic E-state index is 11.3. The minimum atomic E-state index is -0.226. The Bertz CT molecular complexity index is 432. The van der Waals surface area contributed by atoms with Gasteiger partial charge in [0.1, 0.15) is 0 Å². The van der Waals surface area contributed by atoms with Crippen LogP contribution in [0, 0.1) is 5.92 Å². The van der Waals surface area contributed by atoms with Crippen molar-refractivity contribution in [3.63, 3.8) is 0 Å². The van der Waals surface area contributed by atoms with Crippen molar-refractivity contribution >= 4 is 11.9 Å². The van der Waals surface area contributed by atoms with Gasteiger partial charge in [-0.1, -0.05) is 37.3 Å². The number of nitrogens with zero attached hydrogens (tertiary/aromatic N) is 1. The molecule has 1 atom stereocenters. The van der Waals surface area contributed by atoms with Crippen LogP contribution in [-0.2, 0) is 16.1 Å². The molecule has 5 nitrogen and oxygen atoms in total. The van der Waals surface area contributed by atoms with E-state index in [1.165, 1.54) is 7.11 Å². The van der Waals surface area contributed by atoms with Gasteiger partial charge in [-0.05, 0) is 12.5 Å². The maximum atomic E-state index is 11.3. The Labute approximate surface area is 120 Å². The van der Waals surface area contributed by atoms with Crippen LogP contribution in [0.4, 0.5) is 0 Å². The Morgan fingerprint density at radius 3 is 2.60 bits per heavy atom. The Kier molecular flexibility index (Phi) is 7.17. The molecule has 0 saturated carbocycles. The average Bonchev–Trinajstić information content (AvgIpc) is 2.49. The fourth-order valence-corrected chi connectivity index (χ4v) is 1.63. The first kappa shape index (κ1) is 16.0. The van der Waals surface area contributed by atoms with E-state index in [9.17, 15) is 4.79 Å². The van der Waals surface area contributed by atoms with Crippen LogP contribution in [-0.4, -0.2) is 32.1 Å². The number of benzene rings is 1. The summed E-state index contributed by atoms with van der Waals surface area (Å²) in [6.45, 7) is 5.69. The molecule has 0 radical (unpaired) electrons. The summed E-state index contributed by atoms with van der Waals surface area (Å²) in [5.41, 5.74) is 1.14. The lowest BCUT2D eigenvalue weighted by atomic mass is 10.2. The molecule has 0 aliphatic carbocycles. The molecule has 0 spiro atoms. The number of hydrogen-bond acceptors (Lipinski definition) is 3. The Hall–Kier alpha value is -2.04. The molecule has 1 aromatic rings. The van der Waals surface area contributed by atoms with Crippen molar-refractivity contribution in [1.29, 1.82) is 0 Å². The Balaban J connectivity index is 2.53. The van der Waals surface area contributed by atoms with Crippen molar-refractivity contribution in [2.75, 3.05) is 20.2 Å². The molecule has 0 saturated heterocycles. The number of rotatable bonds is 6. The third-order valence-corrected chi connectivity index (χ3v) is 2.79. The van der Waals surface area contributed by atoms with Gasteiger partial charge in [-0.15, -0.1) is 0 Å². The number of carbonyl (C=O) groups excluding carboxylic acids is 1. The Morgan fingerprint density at radius 2 is 2.00 bits per heavy atom. The third kappa shape index (κ3) is 5.73. The summed E-state index contributed by atoms with van der Waals surface area (Å²) in [4.78, 5) is 15.8. The molecule has 0 aromatic heterocycles. The molecule has 0 fully saturated rings. The molecule has 1 rings (SSSR count). The number of hydrogen-bond donors (Lipinski definition) is 2. The molecule has 20 heavy (non-hydrogen) atoms. The lowest BCUT2D eigenvalue weighted by Crippen LogP contribution is -2.40. The van der Waals surface area contributed by atoms with E-state index in [1.54, 1.807) is 0 Å². The zero-order valence-electron chi connectivity index (χ0n) is 12.3. The van der Waals surface area contributed by atoms with Crippen LogP contribution in [0.2, 0.25) is 0 Å². The van der Waals surface area contributed by atoms with E-state index >= 15 is 0 Å². The molecule has 1 aromatic carbocycles. The summed E-state index contributed by atoms with van der Waals surface area (Å²) in [6.07, 6.45) is 0. The minimum Gasteiger partial charge on any atom is -0.469 e. The molecular weight excluding hydrogens is 254 g/mol. The van der Waals surface area contributed by atoms with Gasteiger partial charge in [0.2, 0.25) is 0 Å². The molecule has 0 aliphatic heterocycles. The molecule has 0 aliphatic rings. The average molecular weight is 277 g/mol. The van der Waals surface area contributed by atoms with E-state index in [1.807, 2.05) is 44.2 Å². The van der Waals surface area contributed by atoms with Crippen molar-refractivity contribution in [1.82, 2.24) is 10.6 Å². The fraction of sp³-hybridized carbons (Fsp3) is 0.467. The van der Waals surface area contributed by atoms with Crippen molar-refractivity contribution in [2.24, 2.45) is 10.9 Å². The van der Waals surface area contributed by atoms with Crippen molar-refractivity contribution in [3.05, 3.63) is 35.9 Å². The van der Waals surface area contributed by atoms with Crippen molar-refractivity contribution in [2.45, 2.75) is 20.4 Å². The lowest BCUT2D eigenvalue weighted by molar-refractivity contribution is -0.144. The highest BCUT2D eigenvalue weighted by molar-refractivity contribution is 5.80. The highest BCUT2D eigenvalue weighted by atomic mass is 16.5. The van der Waals surface area contributed by atoms with Crippen LogP contribution >= 0.6 is 0 Å². The van der Waals surface area contributed by atoms with E-state index in [2.05, 4.69) is 15.6 Å².